The molecule has 0 atom stereocenters. The van der Waals surface area contributed by atoms with Gasteiger partial charge >= 0.3 is 0 Å². The number of ketones is 1. The minimum atomic E-state index is -0.0875. The van der Waals surface area contributed by atoms with Crippen LogP contribution in [0.1, 0.15) is 12.0 Å². The fourth-order valence-electron chi connectivity index (χ4n) is 2.15. The molecule has 1 aromatic carbocycles. The van der Waals surface area contributed by atoms with Crippen molar-refractivity contribution in [2.75, 3.05) is 6.54 Å². The van der Waals surface area contributed by atoms with Crippen LogP contribution in [-0.2, 0) is 16.1 Å². The zero-order valence-electron chi connectivity index (χ0n) is 9.14. The predicted molar refractivity (Wildman–Crippen MR) is 61.1 cm³/mol. The molecule has 0 unspecified atom stereocenters. The molecule has 0 spiro atoms. The molecule has 1 aliphatic rings. The van der Waals surface area contributed by atoms with Crippen LogP contribution in [0.25, 0.3) is 10.9 Å². The van der Waals surface area contributed by atoms with Crippen molar-refractivity contribution < 1.29 is 9.59 Å². The third-order valence-electron chi connectivity index (χ3n) is 3.00. The number of Topliss-reactive ketones (excluding diaryl/α,β-unsaturated/α-hetero) is 1. The van der Waals surface area contributed by atoms with E-state index in [1.165, 1.54) is 0 Å². The van der Waals surface area contributed by atoms with E-state index in [-0.39, 0.29) is 24.7 Å². The van der Waals surface area contributed by atoms with Crippen LogP contribution in [0.2, 0.25) is 0 Å². The van der Waals surface area contributed by atoms with E-state index in [2.05, 4.69) is 10.2 Å². The van der Waals surface area contributed by atoms with Gasteiger partial charge in [-0.3, -0.25) is 14.7 Å². The second-order valence-corrected chi connectivity index (χ2v) is 4.21. The van der Waals surface area contributed by atoms with Gasteiger partial charge in [0.05, 0.1) is 24.7 Å². The van der Waals surface area contributed by atoms with Gasteiger partial charge in [0.15, 0.2) is 5.78 Å². The second-order valence-electron chi connectivity index (χ2n) is 4.21. The molecule has 1 saturated heterocycles. The SMILES string of the molecule is O=C1CC(=O)N(Cc2cccc3[nH]ncc23)C1. The molecule has 1 fully saturated rings. The molecule has 1 amide bonds. The van der Waals surface area contributed by atoms with E-state index < -0.39 is 0 Å². The number of nitrogens with one attached hydrogen (secondary N) is 1. The minimum Gasteiger partial charge on any atom is -0.331 e. The first-order chi connectivity index (χ1) is 8.24. The fourth-order valence-corrected chi connectivity index (χ4v) is 2.15. The van der Waals surface area contributed by atoms with Crippen LogP contribution in [0.4, 0.5) is 0 Å². The number of amides is 1. The third kappa shape index (κ3) is 1.69. The Bertz CT molecular complexity index is 603. The number of nitrogens with zero attached hydrogens (tertiary/aromatic N) is 2. The van der Waals surface area contributed by atoms with Gasteiger partial charge in [-0.15, -0.1) is 0 Å². The zero-order valence-corrected chi connectivity index (χ0v) is 9.14. The first-order valence-electron chi connectivity index (χ1n) is 5.44. The van der Waals surface area contributed by atoms with Gasteiger partial charge in [0.2, 0.25) is 5.91 Å². The van der Waals surface area contributed by atoms with Crippen molar-refractivity contribution in [3.8, 4) is 0 Å². The molecule has 0 radical (unpaired) electrons. The molecule has 0 aliphatic carbocycles. The summed E-state index contributed by atoms with van der Waals surface area (Å²) in [6.45, 7) is 0.703. The van der Waals surface area contributed by atoms with Crippen molar-refractivity contribution >= 4 is 22.6 Å². The highest BCUT2D eigenvalue weighted by atomic mass is 16.2. The summed E-state index contributed by atoms with van der Waals surface area (Å²) >= 11 is 0. The summed E-state index contributed by atoms with van der Waals surface area (Å²) in [4.78, 5) is 24.3. The van der Waals surface area contributed by atoms with Gasteiger partial charge in [-0.25, -0.2) is 0 Å². The normalized spacial score (nSPS) is 16.1. The first-order valence-corrected chi connectivity index (χ1v) is 5.44. The molecular formula is C12H11N3O2. The van der Waals surface area contributed by atoms with Crippen LogP contribution in [0, 0.1) is 0 Å². The molecule has 17 heavy (non-hydrogen) atoms. The van der Waals surface area contributed by atoms with E-state index in [1.807, 2.05) is 18.2 Å². The molecule has 5 heteroatoms. The van der Waals surface area contributed by atoms with E-state index in [0.29, 0.717) is 6.54 Å². The van der Waals surface area contributed by atoms with Crippen molar-refractivity contribution in [3.63, 3.8) is 0 Å². The Hall–Kier alpha value is -2.17. The lowest BCUT2D eigenvalue weighted by Crippen LogP contribution is -2.24. The lowest BCUT2D eigenvalue weighted by Gasteiger charge is -2.14. The first kappa shape index (κ1) is 10.0. The number of benzene rings is 1. The maximum absolute atomic E-state index is 11.5. The highest BCUT2D eigenvalue weighted by molar-refractivity contribution is 6.05. The largest absolute Gasteiger partial charge is 0.331 e. The number of carbonyl (C=O) groups excluding carboxylic acids is 2. The zero-order chi connectivity index (χ0) is 11.8. The van der Waals surface area contributed by atoms with Gasteiger partial charge in [-0.05, 0) is 11.6 Å². The van der Waals surface area contributed by atoms with Crippen LogP contribution in [0.15, 0.2) is 24.4 Å². The number of hydrogen-bond acceptors (Lipinski definition) is 3. The van der Waals surface area contributed by atoms with Crippen molar-refractivity contribution in [3.05, 3.63) is 30.0 Å². The smallest absolute Gasteiger partial charge is 0.230 e. The quantitative estimate of drug-likeness (QED) is 0.777. The summed E-state index contributed by atoms with van der Waals surface area (Å²) in [6, 6.07) is 5.80. The molecule has 5 nitrogen and oxygen atoms in total. The predicted octanol–water partition coefficient (Wildman–Crippen LogP) is 0.864. The summed E-state index contributed by atoms with van der Waals surface area (Å²) in [5.74, 6) is -0.0927. The van der Waals surface area contributed by atoms with Gasteiger partial charge in [0.25, 0.3) is 0 Å². The Morgan fingerprint density at radius 2 is 2.24 bits per heavy atom. The summed E-state index contributed by atoms with van der Waals surface area (Å²) < 4.78 is 0. The number of aromatic amines is 1. The standard InChI is InChI=1S/C12H11N3O2/c16-9-4-12(17)15(7-9)6-8-2-1-3-11-10(8)5-13-14-11/h1-3,5H,4,6-7H2,(H,13,14). The van der Waals surface area contributed by atoms with Crippen LogP contribution in [0.5, 0.6) is 0 Å². The maximum atomic E-state index is 11.5. The highest BCUT2D eigenvalue weighted by Gasteiger charge is 2.27. The average molecular weight is 229 g/mol. The second kappa shape index (κ2) is 3.69. The van der Waals surface area contributed by atoms with Gasteiger partial charge in [-0.1, -0.05) is 12.1 Å². The number of likely N-dealkylation sites (tertiary alicyclic amines) is 1. The molecule has 3 rings (SSSR count). The fraction of sp³-hybridized carbons (Fsp3) is 0.250. The van der Waals surface area contributed by atoms with Crippen molar-refractivity contribution in [1.82, 2.24) is 15.1 Å². The lowest BCUT2D eigenvalue weighted by atomic mass is 10.1. The number of carbonyl (C=O) groups is 2. The number of aromatic nitrogens is 2. The molecule has 2 aromatic rings. The monoisotopic (exact) mass is 229 g/mol. The molecule has 1 aromatic heterocycles. The summed E-state index contributed by atoms with van der Waals surface area (Å²) in [7, 11) is 0. The topological polar surface area (TPSA) is 66.1 Å². The number of hydrogen-bond donors (Lipinski definition) is 1. The number of H-pyrrole nitrogens is 1. The van der Waals surface area contributed by atoms with Crippen LogP contribution in [-0.4, -0.2) is 33.3 Å². The van der Waals surface area contributed by atoms with Gasteiger partial charge in [0, 0.05) is 11.9 Å². The summed E-state index contributed by atoms with van der Waals surface area (Å²) in [6.07, 6.45) is 1.79. The van der Waals surface area contributed by atoms with Crippen LogP contribution in [0.3, 0.4) is 0 Å². The van der Waals surface area contributed by atoms with Crippen molar-refractivity contribution in [1.29, 1.82) is 0 Å². The summed E-state index contributed by atoms with van der Waals surface area (Å²) in [5.41, 5.74) is 1.96. The Labute approximate surface area is 97.4 Å². The van der Waals surface area contributed by atoms with Gasteiger partial charge in [0.1, 0.15) is 0 Å². The van der Waals surface area contributed by atoms with Crippen LogP contribution < -0.4 is 0 Å². The van der Waals surface area contributed by atoms with E-state index in [9.17, 15) is 9.59 Å². The summed E-state index contributed by atoms with van der Waals surface area (Å²) in [5, 5.41) is 7.86. The van der Waals surface area contributed by atoms with E-state index in [4.69, 9.17) is 0 Å². The van der Waals surface area contributed by atoms with E-state index in [0.717, 1.165) is 16.5 Å². The van der Waals surface area contributed by atoms with Gasteiger partial charge < -0.3 is 4.90 Å². The minimum absolute atomic E-state index is 0.00521. The number of rotatable bonds is 2. The Morgan fingerprint density at radius 3 is 3.00 bits per heavy atom. The average Bonchev–Trinajstić information content (AvgIpc) is 2.87. The number of fused-ring (bicyclic) bond motifs is 1. The Balaban J connectivity index is 1.92. The van der Waals surface area contributed by atoms with E-state index in [1.54, 1.807) is 11.1 Å². The lowest BCUT2D eigenvalue weighted by molar-refractivity contribution is -0.128. The molecule has 1 N–H and O–H groups in total. The molecule has 2 heterocycles. The Kier molecular flexibility index (Phi) is 2.18. The molecule has 1 aliphatic heterocycles. The Morgan fingerprint density at radius 1 is 1.35 bits per heavy atom. The van der Waals surface area contributed by atoms with E-state index >= 15 is 0 Å². The van der Waals surface area contributed by atoms with Gasteiger partial charge in [-0.2, -0.15) is 5.10 Å². The molecule has 86 valence electrons. The van der Waals surface area contributed by atoms with Crippen LogP contribution >= 0.6 is 0 Å². The van der Waals surface area contributed by atoms with Crippen molar-refractivity contribution in [2.45, 2.75) is 13.0 Å². The third-order valence-corrected chi connectivity index (χ3v) is 3.00. The van der Waals surface area contributed by atoms with Crippen molar-refractivity contribution in [2.24, 2.45) is 0 Å². The molecule has 0 saturated carbocycles. The molecular weight excluding hydrogens is 218 g/mol. The molecule has 0 bridgehead atoms. The maximum Gasteiger partial charge on any atom is 0.230 e. The highest BCUT2D eigenvalue weighted by Crippen LogP contribution is 2.19.